The van der Waals surface area contributed by atoms with Crippen LogP contribution in [0.25, 0.3) is 0 Å². The van der Waals surface area contributed by atoms with Gasteiger partial charge in [-0.25, -0.2) is 0 Å². The van der Waals surface area contributed by atoms with Gasteiger partial charge in [0.05, 0.1) is 19.1 Å². The molecule has 0 aromatic heterocycles. The molecule has 0 N–H and O–H groups in total. The van der Waals surface area contributed by atoms with Crippen LogP contribution in [0.2, 0.25) is 0 Å². The molecule has 108 valence electrons. The Morgan fingerprint density at radius 2 is 1.50 bits per heavy atom. The van der Waals surface area contributed by atoms with Gasteiger partial charge in [0.25, 0.3) is 0 Å². The number of esters is 2. The van der Waals surface area contributed by atoms with Crippen LogP contribution in [0.4, 0.5) is 0 Å². The lowest BCUT2D eigenvalue weighted by Gasteiger charge is -2.01. The van der Waals surface area contributed by atoms with Gasteiger partial charge >= 0.3 is 11.9 Å². The van der Waals surface area contributed by atoms with Crippen LogP contribution in [0.3, 0.4) is 0 Å². The number of carbonyl (C=O) groups is 2. The summed E-state index contributed by atoms with van der Waals surface area (Å²) in [6.07, 6.45) is 3.83. The van der Waals surface area contributed by atoms with Crippen LogP contribution in [-0.4, -0.2) is 25.2 Å². The minimum Gasteiger partial charge on any atom is -0.466 e. The maximum Gasteiger partial charge on any atom is 0.308 e. The van der Waals surface area contributed by atoms with Crippen molar-refractivity contribution in [1.29, 1.82) is 0 Å². The average molecular weight is 260 g/mol. The lowest BCUT2D eigenvalue weighted by Crippen LogP contribution is -2.10. The number of hydrogen-bond acceptors (Lipinski definition) is 4. The summed E-state index contributed by atoms with van der Waals surface area (Å²) in [5, 5.41) is 0. The first-order chi connectivity index (χ1) is 8.49. The van der Waals surface area contributed by atoms with Gasteiger partial charge in [0.1, 0.15) is 0 Å². The molecule has 0 atom stereocenters. The highest BCUT2D eigenvalue weighted by Crippen LogP contribution is 1.99. The van der Waals surface area contributed by atoms with Gasteiger partial charge in [-0.2, -0.15) is 0 Å². The Bertz CT molecular complexity index is 212. The lowest BCUT2D eigenvalue weighted by molar-refractivity contribution is -0.146. The molecule has 0 radical (unpaired) electrons. The van der Waals surface area contributed by atoms with Crippen LogP contribution < -0.4 is 0 Å². The first-order valence-corrected chi connectivity index (χ1v) is 6.81. The first-order valence-electron chi connectivity index (χ1n) is 6.81. The van der Waals surface area contributed by atoms with E-state index >= 15 is 0 Å². The molecule has 0 unspecified atom stereocenters. The van der Waals surface area contributed by atoms with E-state index in [1.54, 1.807) is 6.92 Å². The Morgan fingerprint density at radius 1 is 0.944 bits per heavy atom. The third-order valence-corrected chi connectivity index (χ3v) is 2.05. The van der Waals surface area contributed by atoms with Gasteiger partial charge in [-0.3, -0.25) is 9.59 Å². The van der Waals surface area contributed by atoms with Crippen molar-refractivity contribution >= 4 is 11.9 Å². The molecular formula is C14H28O4. The molecule has 0 amide bonds. The Morgan fingerprint density at radius 3 is 1.83 bits per heavy atom. The van der Waals surface area contributed by atoms with Gasteiger partial charge in [0.15, 0.2) is 0 Å². The van der Waals surface area contributed by atoms with Crippen molar-refractivity contribution in [2.45, 2.75) is 60.3 Å². The predicted molar refractivity (Wildman–Crippen MR) is 72.2 cm³/mol. The predicted octanol–water partition coefficient (Wildman–Crippen LogP) is 3.34. The molecule has 0 aromatic rings. The normalized spacial score (nSPS) is 9.44. The summed E-state index contributed by atoms with van der Waals surface area (Å²) in [5.41, 5.74) is 0. The monoisotopic (exact) mass is 260 g/mol. The molecule has 0 saturated carbocycles. The van der Waals surface area contributed by atoms with Crippen molar-refractivity contribution in [3.05, 3.63) is 0 Å². The van der Waals surface area contributed by atoms with E-state index in [0.717, 1.165) is 19.3 Å². The number of rotatable bonds is 7. The van der Waals surface area contributed by atoms with Gasteiger partial charge in [-0.05, 0) is 20.3 Å². The SMILES string of the molecule is CCCCCC(=O)OCC.CCOC(=O)C(C)C. The second-order valence-electron chi connectivity index (χ2n) is 4.17. The molecular weight excluding hydrogens is 232 g/mol. The van der Waals surface area contributed by atoms with Crippen LogP contribution in [0.5, 0.6) is 0 Å². The van der Waals surface area contributed by atoms with Crippen LogP contribution in [-0.2, 0) is 19.1 Å². The van der Waals surface area contributed by atoms with E-state index in [-0.39, 0.29) is 17.9 Å². The highest BCUT2D eigenvalue weighted by Gasteiger charge is 2.04. The molecule has 4 heteroatoms. The fourth-order valence-electron chi connectivity index (χ4n) is 1.06. The Balaban J connectivity index is 0. The quantitative estimate of drug-likeness (QED) is 0.520. The van der Waals surface area contributed by atoms with Gasteiger partial charge in [-0.15, -0.1) is 0 Å². The fourth-order valence-corrected chi connectivity index (χ4v) is 1.06. The summed E-state index contributed by atoms with van der Waals surface area (Å²) in [6, 6.07) is 0. The maximum absolute atomic E-state index is 10.7. The molecule has 0 rings (SSSR count). The first kappa shape index (κ1) is 19.3. The average Bonchev–Trinajstić information content (AvgIpc) is 2.31. The molecule has 4 nitrogen and oxygen atoms in total. The van der Waals surface area contributed by atoms with E-state index in [1.807, 2.05) is 20.8 Å². The number of hydrogen-bond donors (Lipinski definition) is 0. The zero-order valence-corrected chi connectivity index (χ0v) is 12.5. The molecule has 0 spiro atoms. The summed E-state index contributed by atoms with van der Waals surface area (Å²) in [6.45, 7) is 10.4. The van der Waals surface area contributed by atoms with E-state index < -0.39 is 0 Å². The largest absolute Gasteiger partial charge is 0.466 e. The summed E-state index contributed by atoms with van der Waals surface area (Å²) < 4.78 is 9.41. The van der Waals surface area contributed by atoms with E-state index in [4.69, 9.17) is 4.74 Å². The van der Waals surface area contributed by atoms with Crippen molar-refractivity contribution in [2.24, 2.45) is 5.92 Å². The maximum atomic E-state index is 10.7. The summed E-state index contributed by atoms with van der Waals surface area (Å²) in [5.74, 6) is -0.168. The molecule has 0 aromatic carbocycles. The van der Waals surface area contributed by atoms with Crippen LogP contribution in [0.15, 0.2) is 0 Å². The van der Waals surface area contributed by atoms with Gasteiger partial charge in [0, 0.05) is 6.42 Å². The summed E-state index contributed by atoms with van der Waals surface area (Å²) in [4.78, 5) is 21.2. The third-order valence-electron chi connectivity index (χ3n) is 2.05. The van der Waals surface area contributed by atoms with Crippen molar-refractivity contribution in [1.82, 2.24) is 0 Å². The second-order valence-corrected chi connectivity index (χ2v) is 4.17. The Hall–Kier alpha value is -1.06. The highest BCUT2D eigenvalue weighted by molar-refractivity contribution is 5.71. The molecule has 18 heavy (non-hydrogen) atoms. The Labute approximate surface area is 111 Å². The van der Waals surface area contributed by atoms with Crippen molar-refractivity contribution in [3.8, 4) is 0 Å². The van der Waals surface area contributed by atoms with Gasteiger partial charge < -0.3 is 9.47 Å². The zero-order chi connectivity index (χ0) is 14.4. The fraction of sp³-hybridized carbons (Fsp3) is 0.857. The molecule has 0 fully saturated rings. The standard InChI is InChI=1S/C8H16O2.C6H12O2/c1-3-5-6-7-8(9)10-4-2;1-4-8-6(7)5(2)3/h3-7H2,1-2H3;5H,4H2,1-3H3. The van der Waals surface area contributed by atoms with Gasteiger partial charge in [-0.1, -0.05) is 33.6 Å². The van der Waals surface area contributed by atoms with Crippen molar-refractivity contribution < 1.29 is 19.1 Å². The molecule has 0 aliphatic heterocycles. The van der Waals surface area contributed by atoms with E-state index in [1.165, 1.54) is 0 Å². The zero-order valence-electron chi connectivity index (χ0n) is 12.5. The highest BCUT2D eigenvalue weighted by atomic mass is 16.5. The second kappa shape index (κ2) is 14.0. The summed E-state index contributed by atoms with van der Waals surface area (Å²) in [7, 11) is 0. The van der Waals surface area contributed by atoms with E-state index in [2.05, 4.69) is 11.7 Å². The molecule has 0 saturated heterocycles. The minimum absolute atomic E-state index is 0.00921. The van der Waals surface area contributed by atoms with E-state index in [0.29, 0.717) is 19.6 Å². The van der Waals surface area contributed by atoms with Crippen LogP contribution >= 0.6 is 0 Å². The van der Waals surface area contributed by atoms with E-state index in [9.17, 15) is 9.59 Å². The van der Waals surface area contributed by atoms with Crippen molar-refractivity contribution in [2.75, 3.05) is 13.2 Å². The molecule has 0 heterocycles. The smallest absolute Gasteiger partial charge is 0.308 e. The van der Waals surface area contributed by atoms with Crippen molar-refractivity contribution in [3.63, 3.8) is 0 Å². The summed E-state index contributed by atoms with van der Waals surface area (Å²) >= 11 is 0. The van der Waals surface area contributed by atoms with Crippen LogP contribution in [0, 0.1) is 5.92 Å². The molecule has 0 aliphatic rings. The Kier molecular flexibility index (Phi) is 15.0. The van der Waals surface area contributed by atoms with Crippen LogP contribution in [0.1, 0.15) is 60.3 Å². The lowest BCUT2D eigenvalue weighted by atomic mass is 10.2. The number of carbonyl (C=O) groups excluding carboxylic acids is 2. The third kappa shape index (κ3) is 14.9. The minimum atomic E-state index is -0.118. The number of ether oxygens (including phenoxy) is 2. The topological polar surface area (TPSA) is 52.6 Å². The number of unbranched alkanes of at least 4 members (excludes halogenated alkanes) is 2. The van der Waals surface area contributed by atoms with Gasteiger partial charge in [0.2, 0.25) is 0 Å². The molecule has 0 aliphatic carbocycles. The molecule has 0 bridgehead atoms.